The van der Waals surface area contributed by atoms with E-state index in [0.717, 1.165) is 17.3 Å². The van der Waals surface area contributed by atoms with E-state index in [1.165, 1.54) is 7.11 Å². The third-order valence-corrected chi connectivity index (χ3v) is 4.90. The first-order valence-corrected chi connectivity index (χ1v) is 9.25. The third kappa shape index (κ3) is 4.32. The van der Waals surface area contributed by atoms with Crippen molar-refractivity contribution in [1.29, 1.82) is 0 Å². The van der Waals surface area contributed by atoms with Crippen LogP contribution in [0.5, 0.6) is 5.75 Å². The molecule has 0 aliphatic carbocycles. The number of nitrogens with zero attached hydrogens (tertiary/aromatic N) is 3. The van der Waals surface area contributed by atoms with Gasteiger partial charge in [-0.05, 0) is 36.4 Å². The number of carbonyl (C=O) groups excluding carboxylic acids is 2. The molecule has 1 amide bonds. The van der Waals surface area contributed by atoms with Gasteiger partial charge in [-0.3, -0.25) is 4.79 Å². The van der Waals surface area contributed by atoms with E-state index in [9.17, 15) is 14.7 Å². The Morgan fingerprint density at radius 2 is 1.86 bits per heavy atom. The highest BCUT2D eigenvalue weighted by molar-refractivity contribution is 7.99. The number of nitrogens with one attached hydrogen (secondary N) is 1. The number of thioether (sulfide) groups is 1. The maximum absolute atomic E-state index is 12.5. The van der Waals surface area contributed by atoms with E-state index in [2.05, 4.69) is 15.5 Å². The van der Waals surface area contributed by atoms with Crippen molar-refractivity contribution in [3.8, 4) is 17.1 Å². The van der Waals surface area contributed by atoms with Crippen molar-refractivity contribution in [3.05, 3.63) is 54.1 Å². The van der Waals surface area contributed by atoms with E-state index in [1.807, 2.05) is 0 Å². The van der Waals surface area contributed by atoms with Crippen LogP contribution in [-0.2, 0) is 11.8 Å². The number of carboxylic acids is 1. The Morgan fingerprint density at radius 3 is 2.54 bits per heavy atom. The Balaban J connectivity index is 1.73. The fourth-order valence-electron chi connectivity index (χ4n) is 2.55. The standard InChI is InChI=1S/C19H18N4O4S/c1-23-17(21-22-19(23)28-11-16(24)25)12-7-9-13(10-8-12)20-18(26)14-5-3-4-6-15(14)27-2/h3-10H,11H2,1-2H3,(H,20,26)(H,24,25)/p-1. The molecule has 144 valence electrons. The molecule has 0 radical (unpaired) electrons. The topological polar surface area (TPSA) is 109 Å². The van der Waals surface area contributed by atoms with Crippen LogP contribution >= 0.6 is 11.8 Å². The fourth-order valence-corrected chi connectivity index (χ4v) is 3.17. The molecule has 1 heterocycles. The van der Waals surface area contributed by atoms with Crippen molar-refractivity contribution >= 4 is 29.3 Å². The number of hydrogen-bond acceptors (Lipinski definition) is 7. The minimum atomic E-state index is -1.16. The molecular formula is C19H17N4O4S-. The molecule has 8 nitrogen and oxygen atoms in total. The predicted octanol–water partition coefficient (Wildman–Crippen LogP) is 1.58. The third-order valence-electron chi connectivity index (χ3n) is 3.91. The van der Waals surface area contributed by atoms with Gasteiger partial charge in [0.15, 0.2) is 11.0 Å². The second kappa shape index (κ2) is 8.57. The van der Waals surface area contributed by atoms with E-state index in [4.69, 9.17) is 4.74 Å². The number of amides is 1. The lowest BCUT2D eigenvalue weighted by atomic mass is 10.1. The molecule has 3 aromatic rings. The normalized spacial score (nSPS) is 10.5. The summed E-state index contributed by atoms with van der Waals surface area (Å²) in [5, 5.41) is 22.0. The van der Waals surface area contributed by atoms with Crippen LogP contribution in [-0.4, -0.2) is 39.5 Å². The van der Waals surface area contributed by atoms with Gasteiger partial charge in [0.2, 0.25) is 0 Å². The lowest BCUT2D eigenvalue weighted by molar-refractivity contribution is -0.301. The zero-order chi connectivity index (χ0) is 20.1. The van der Waals surface area contributed by atoms with Crippen LogP contribution < -0.4 is 15.2 Å². The molecule has 0 fully saturated rings. The summed E-state index contributed by atoms with van der Waals surface area (Å²) in [4.78, 5) is 23.1. The highest BCUT2D eigenvalue weighted by atomic mass is 32.2. The summed E-state index contributed by atoms with van der Waals surface area (Å²) in [7, 11) is 3.27. The predicted molar refractivity (Wildman–Crippen MR) is 103 cm³/mol. The number of carbonyl (C=O) groups is 2. The summed E-state index contributed by atoms with van der Waals surface area (Å²) in [5.41, 5.74) is 1.84. The second-order valence-corrected chi connectivity index (χ2v) is 6.70. The molecule has 0 atom stereocenters. The quantitative estimate of drug-likeness (QED) is 0.603. The number of anilines is 1. The van der Waals surface area contributed by atoms with Gasteiger partial charge in [0.25, 0.3) is 5.91 Å². The summed E-state index contributed by atoms with van der Waals surface area (Å²) in [6, 6.07) is 14.1. The minimum Gasteiger partial charge on any atom is -0.549 e. The van der Waals surface area contributed by atoms with Gasteiger partial charge < -0.3 is 24.5 Å². The average molecular weight is 397 g/mol. The molecule has 1 aromatic heterocycles. The number of hydrogen-bond donors (Lipinski definition) is 1. The Labute approximate surface area is 165 Å². The van der Waals surface area contributed by atoms with E-state index >= 15 is 0 Å². The van der Waals surface area contributed by atoms with Crippen LogP contribution in [0, 0.1) is 0 Å². The van der Waals surface area contributed by atoms with E-state index in [1.54, 1.807) is 60.1 Å². The molecule has 0 bridgehead atoms. The van der Waals surface area contributed by atoms with Gasteiger partial charge >= 0.3 is 0 Å². The monoisotopic (exact) mass is 397 g/mol. The van der Waals surface area contributed by atoms with Gasteiger partial charge in [-0.2, -0.15) is 0 Å². The Kier molecular flexibility index (Phi) is 5.95. The van der Waals surface area contributed by atoms with Crippen LogP contribution in [0.25, 0.3) is 11.4 Å². The average Bonchev–Trinajstić information content (AvgIpc) is 3.07. The highest BCUT2D eigenvalue weighted by Gasteiger charge is 2.13. The van der Waals surface area contributed by atoms with E-state index < -0.39 is 5.97 Å². The number of rotatable bonds is 7. The van der Waals surface area contributed by atoms with Crippen molar-refractivity contribution in [2.75, 3.05) is 18.2 Å². The number of ether oxygens (including phenoxy) is 1. The highest BCUT2D eigenvalue weighted by Crippen LogP contribution is 2.24. The summed E-state index contributed by atoms with van der Waals surface area (Å²) < 4.78 is 6.91. The van der Waals surface area contributed by atoms with Crippen LogP contribution in [0.1, 0.15) is 10.4 Å². The largest absolute Gasteiger partial charge is 0.549 e. The van der Waals surface area contributed by atoms with E-state index in [0.29, 0.717) is 28.0 Å². The Bertz CT molecular complexity index is 1000. The first-order valence-electron chi connectivity index (χ1n) is 8.26. The lowest BCUT2D eigenvalue weighted by Gasteiger charge is -2.10. The van der Waals surface area contributed by atoms with Gasteiger partial charge in [0.1, 0.15) is 5.75 Å². The summed E-state index contributed by atoms with van der Waals surface area (Å²) in [6.45, 7) is 0. The van der Waals surface area contributed by atoms with Gasteiger partial charge in [0, 0.05) is 24.1 Å². The zero-order valence-corrected chi connectivity index (χ0v) is 16.0. The molecule has 1 N–H and O–H groups in total. The molecule has 0 aliphatic heterocycles. The lowest BCUT2D eigenvalue weighted by Crippen LogP contribution is -2.24. The Hall–Kier alpha value is -3.33. The number of para-hydroxylation sites is 1. The zero-order valence-electron chi connectivity index (χ0n) is 15.2. The number of aliphatic carboxylic acids is 1. The summed E-state index contributed by atoms with van der Waals surface area (Å²) in [6.07, 6.45) is 0. The molecule has 2 aromatic carbocycles. The number of aromatic nitrogens is 3. The maximum atomic E-state index is 12.5. The van der Waals surface area contributed by atoms with E-state index in [-0.39, 0.29) is 11.7 Å². The van der Waals surface area contributed by atoms with Crippen molar-refractivity contribution in [2.45, 2.75) is 5.16 Å². The molecule has 0 saturated carbocycles. The van der Waals surface area contributed by atoms with Crippen LogP contribution in [0.3, 0.4) is 0 Å². The molecule has 9 heteroatoms. The molecule has 3 rings (SSSR count). The number of carboxylic acid groups (broad SMARTS) is 1. The summed E-state index contributed by atoms with van der Waals surface area (Å²) >= 11 is 1.04. The number of benzene rings is 2. The molecule has 0 unspecified atom stereocenters. The van der Waals surface area contributed by atoms with Crippen LogP contribution in [0.15, 0.2) is 53.7 Å². The SMILES string of the molecule is COc1ccccc1C(=O)Nc1ccc(-c2nnc(SCC(=O)[O-])n2C)cc1. The van der Waals surface area contributed by atoms with Crippen molar-refractivity contribution in [3.63, 3.8) is 0 Å². The summed E-state index contributed by atoms with van der Waals surface area (Å²) in [5.74, 6) is -0.546. The van der Waals surface area contributed by atoms with Crippen molar-refractivity contribution in [1.82, 2.24) is 14.8 Å². The van der Waals surface area contributed by atoms with Gasteiger partial charge in [-0.15, -0.1) is 10.2 Å². The number of methoxy groups -OCH3 is 1. The second-order valence-electron chi connectivity index (χ2n) is 5.76. The minimum absolute atomic E-state index is 0.195. The molecule has 0 aliphatic rings. The van der Waals surface area contributed by atoms with Crippen molar-refractivity contribution < 1.29 is 19.4 Å². The molecule has 28 heavy (non-hydrogen) atoms. The Morgan fingerprint density at radius 1 is 1.14 bits per heavy atom. The van der Waals surface area contributed by atoms with Crippen LogP contribution in [0.2, 0.25) is 0 Å². The smallest absolute Gasteiger partial charge is 0.259 e. The van der Waals surface area contributed by atoms with Gasteiger partial charge in [0.05, 0.1) is 18.6 Å². The fraction of sp³-hybridized carbons (Fsp3) is 0.158. The first-order chi connectivity index (χ1) is 13.5. The van der Waals surface area contributed by atoms with Crippen molar-refractivity contribution in [2.24, 2.45) is 7.05 Å². The van der Waals surface area contributed by atoms with Gasteiger partial charge in [-0.25, -0.2) is 0 Å². The molecule has 0 spiro atoms. The van der Waals surface area contributed by atoms with Crippen LogP contribution in [0.4, 0.5) is 5.69 Å². The molecular weight excluding hydrogens is 380 g/mol. The van der Waals surface area contributed by atoms with Gasteiger partial charge in [-0.1, -0.05) is 23.9 Å². The first kappa shape index (κ1) is 19.4. The maximum Gasteiger partial charge on any atom is 0.259 e. The molecule has 0 saturated heterocycles.